The molecule has 0 aromatic heterocycles. The average Bonchev–Trinajstić information content (AvgIpc) is 2.89. The van der Waals surface area contributed by atoms with Gasteiger partial charge in [0, 0.05) is 13.6 Å². The highest BCUT2D eigenvalue weighted by Crippen LogP contribution is 2.37. The predicted octanol–water partition coefficient (Wildman–Crippen LogP) is 1.62. The molecule has 1 rings (SSSR count). The number of amides is 1. The number of hydrogen-bond donors (Lipinski definition) is 1. The van der Waals surface area contributed by atoms with Crippen molar-refractivity contribution >= 4 is 5.91 Å². The zero-order valence-electron chi connectivity index (χ0n) is 10.2. The van der Waals surface area contributed by atoms with Crippen LogP contribution in [0.15, 0.2) is 0 Å². The maximum absolute atomic E-state index is 11.8. The highest BCUT2D eigenvalue weighted by Gasteiger charge is 2.34. The molecule has 1 amide bonds. The molecule has 0 radical (unpaired) electrons. The molecule has 3 atom stereocenters. The molecule has 1 aliphatic carbocycles. The van der Waals surface area contributed by atoms with E-state index in [0.29, 0.717) is 0 Å². The Labute approximate surface area is 93.0 Å². The Morgan fingerprint density at radius 3 is 2.67 bits per heavy atom. The van der Waals surface area contributed by atoms with Crippen LogP contribution in [0.5, 0.6) is 0 Å². The lowest BCUT2D eigenvalue weighted by Gasteiger charge is -2.21. The first-order valence-electron chi connectivity index (χ1n) is 6.06. The van der Waals surface area contributed by atoms with E-state index in [4.69, 9.17) is 5.73 Å². The molecule has 1 saturated carbocycles. The van der Waals surface area contributed by atoms with E-state index >= 15 is 0 Å². The van der Waals surface area contributed by atoms with E-state index in [-0.39, 0.29) is 11.9 Å². The summed E-state index contributed by atoms with van der Waals surface area (Å²) in [6.07, 6.45) is 4.23. The Balaban J connectivity index is 2.24. The zero-order valence-corrected chi connectivity index (χ0v) is 10.2. The Bertz CT molecular complexity index is 218. The topological polar surface area (TPSA) is 46.3 Å². The third kappa shape index (κ3) is 3.82. The lowest BCUT2D eigenvalue weighted by atomic mass is 10.1. The van der Waals surface area contributed by atoms with Crippen molar-refractivity contribution in [3.8, 4) is 0 Å². The van der Waals surface area contributed by atoms with E-state index in [9.17, 15) is 4.79 Å². The molecular weight excluding hydrogens is 188 g/mol. The maximum Gasteiger partial charge on any atom is 0.239 e. The van der Waals surface area contributed by atoms with Crippen LogP contribution in [0, 0.1) is 11.8 Å². The largest absolute Gasteiger partial charge is 0.344 e. The Morgan fingerprint density at radius 1 is 1.60 bits per heavy atom. The zero-order chi connectivity index (χ0) is 11.4. The summed E-state index contributed by atoms with van der Waals surface area (Å²) in [6, 6.07) is -0.288. The molecule has 1 aliphatic rings. The fourth-order valence-corrected chi connectivity index (χ4v) is 1.93. The fraction of sp³-hybridized carbons (Fsp3) is 0.917. The minimum atomic E-state index is -0.288. The lowest BCUT2D eigenvalue weighted by Crippen LogP contribution is -2.42. The molecule has 1 fully saturated rings. The minimum Gasteiger partial charge on any atom is -0.344 e. The van der Waals surface area contributed by atoms with Gasteiger partial charge in [-0.15, -0.1) is 0 Å². The van der Waals surface area contributed by atoms with Crippen molar-refractivity contribution in [2.75, 3.05) is 13.6 Å². The standard InChI is InChI=1S/C12H24N2O/c1-4-5-6-11(13)12(15)14(3)8-10-7-9(10)2/h9-11H,4-8,13H2,1-3H3. The van der Waals surface area contributed by atoms with Crippen LogP contribution in [0.3, 0.4) is 0 Å². The minimum absolute atomic E-state index is 0.113. The number of nitrogens with zero attached hydrogens (tertiary/aromatic N) is 1. The van der Waals surface area contributed by atoms with Gasteiger partial charge < -0.3 is 10.6 Å². The van der Waals surface area contributed by atoms with E-state index in [1.165, 1.54) is 6.42 Å². The van der Waals surface area contributed by atoms with Crippen LogP contribution in [0.1, 0.15) is 39.5 Å². The number of hydrogen-bond acceptors (Lipinski definition) is 2. The summed E-state index contributed by atoms with van der Waals surface area (Å²) in [6.45, 7) is 5.24. The summed E-state index contributed by atoms with van der Waals surface area (Å²) in [5.74, 6) is 1.63. The van der Waals surface area contributed by atoms with Gasteiger partial charge >= 0.3 is 0 Å². The van der Waals surface area contributed by atoms with Gasteiger partial charge in [0.1, 0.15) is 0 Å². The highest BCUT2D eigenvalue weighted by molar-refractivity contribution is 5.81. The summed E-state index contributed by atoms with van der Waals surface area (Å²) in [5, 5.41) is 0. The smallest absolute Gasteiger partial charge is 0.239 e. The quantitative estimate of drug-likeness (QED) is 0.727. The van der Waals surface area contributed by atoms with Gasteiger partial charge in [0.2, 0.25) is 5.91 Å². The summed E-state index contributed by atoms with van der Waals surface area (Å²) >= 11 is 0. The van der Waals surface area contributed by atoms with Crippen LogP contribution in [-0.4, -0.2) is 30.4 Å². The summed E-state index contributed by atoms with van der Waals surface area (Å²) in [4.78, 5) is 13.6. The van der Waals surface area contributed by atoms with E-state index in [0.717, 1.165) is 37.6 Å². The van der Waals surface area contributed by atoms with Crippen LogP contribution in [0.4, 0.5) is 0 Å². The van der Waals surface area contributed by atoms with Crippen LogP contribution < -0.4 is 5.73 Å². The predicted molar refractivity (Wildman–Crippen MR) is 62.4 cm³/mol. The van der Waals surface area contributed by atoms with Crippen LogP contribution in [-0.2, 0) is 4.79 Å². The molecule has 15 heavy (non-hydrogen) atoms. The number of unbranched alkanes of at least 4 members (excludes halogenated alkanes) is 1. The fourth-order valence-electron chi connectivity index (χ4n) is 1.93. The van der Waals surface area contributed by atoms with Crippen molar-refractivity contribution in [1.29, 1.82) is 0 Å². The van der Waals surface area contributed by atoms with Gasteiger partial charge in [-0.05, 0) is 24.7 Å². The molecule has 3 unspecified atom stereocenters. The Morgan fingerprint density at radius 2 is 2.20 bits per heavy atom. The second-order valence-electron chi connectivity index (χ2n) is 4.94. The Hall–Kier alpha value is -0.570. The number of likely N-dealkylation sites (N-methyl/N-ethyl adjacent to an activating group) is 1. The van der Waals surface area contributed by atoms with Crippen molar-refractivity contribution in [3.05, 3.63) is 0 Å². The van der Waals surface area contributed by atoms with Gasteiger partial charge in [0.15, 0.2) is 0 Å². The van der Waals surface area contributed by atoms with Gasteiger partial charge in [-0.25, -0.2) is 0 Å². The van der Waals surface area contributed by atoms with Crippen molar-refractivity contribution in [1.82, 2.24) is 4.90 Å². The molecule has 0 aromatic carbocycles. The number of carbonyl (C=O) groups excluding carboxylic acids is 1. The molecule has 3 nitrogen and oxygen atoms in total. The lowest BCUT2D eigenvalue weighted by molar-refractivity contribution is -0.131. The molecule has 0 aliphatic heterocycles. The summed E-state index contributed by atoms with van der Waals surface area (Å²) in [5.41, 5.74) is 5.84. The second kappa shape index (κ2) is 5.50. The molecule has 88 valence electrons. The molecule has 3 heteroatoms. The molecular formula is C12H24N2O. The number of nitrogens with two attached hydrogens (primary N) is 1. The van der Waals surface area contributed by atoms with Crippen molar-refractivity contribution < 1.29 is 4.79 Å². The number of rotatable bonds is 6. The molecule has 0 heterocycles. The van der Waals surface area contributed by atoms with E-state index in [2.05, 4.69) is 13.8 Å². The summed E-state index contributed by atoms with van der Waals surface area (Å²) < 4.78 is 0. The van der Waals surface area contributed by atoms with Crippen LogP contribution >= 0.6 is 0 Å². The third-order valence-corrected chi connectivity index (χ3v) is 3.35. The van der Waals surface area contributed by atoms with Gasteiger partial charge in [-0.1, -0.05) is 26.7 Å². The third-order valence-electron chi connectivity index (χ3n) is 3.35. The van der Waals surface area contributed by atoms with Crippen molar-refractivity contribution in [3.63, 3.8) is 0 Å². The van der Waals surface area contributed by atoms with Crippen LogP contribution in [0.2, 0.25) is 0 Å². The normalized spacial score (nSPS) is 26.1. The molecule has 0 spiro atoms. The van der Waals surface area contributed by atoms with E-state index in [1.807, 2.05) is 11.9 Å². The first-order chi connectivity index (χ1) is 7.06. The Kier molecular flexibility index (Phi) is 4.58. The molecule has 2 N–H and O–H groups in total. The SMILES string of the molecule is CCCCC(N)C(=O)N(C)CC1CC1C. The van der Waals surface area contributed by atoms with Gasteiger partial charge in [-0.2, -0.15) is 0 Å². The molecule has 0 saturated heterocycles. The van der Waals surface area contributed by atoms with E-state index < -0.39 is 0 Å². The van der Waals surface area contributed by atoms with Gasteiger partial charge in [-0.3, -0.25) is 4.79 Å². The molecule has 0 bridgehead atoms. The van der Waals surface area contributed by atoms with E-state index in [1.54, 1.807) is 0 Å². The second-order valence-corrected chi connectivity index (χ2v) is 4.94. The number of carbonyl (C=O) groups is 1. The van der Waals surface area contributed by atoms with Crippen LogP contribution in [0.25, 0.3) is 0 Å². The molecule has 0 aromatic rings. The monoisotopic (exact) mass is 212 g/mol. The first-order valence-corrected chi connectivity index (χ1v) is 6.06. The van der Waals surface area contributed by atoms with Gasteiger partial charge in [0.25, 0.3) is 0 Å². The van der Waals surface area contributed by atoms with Gasteiger partial charge in [0.05, 0.1) is 6.04 Å². The summed E-state index contributed by atoms with van der Waals surface area (Å²) in [7, 11) is 1.87. The van der Waals surface area contributed by atoms with Crippen molar-refractivity contribution in [2.24, 2.45) is 17.6 Å². The van der Waals surface area contributed by atoms with Crippen molar-refractivity contribution in [2.45, 2.75) is 45.6 Å². The highest BCUT2D eigenvalue weighted by atomic mass is 16.2. The first kappa shape index (κ1) is 12.5. The maximum atomic E-state index is 11.8. The average molecular weight is 212 g/mol.